The van der Waals surface area contributed by atoms with Crippen LogP contribution < -0.4 is 5.32 Å². The molecule has 1 aliphatic heterocycles. The molecule has 0 saturated carbocycles. The Morgan fingerprint density at radius 2 is 2.57 bits per heavy atom. The molecule has 0 spiro atoms. The van der Waals surface area contributed by atoms with Crippen molar-refractivity contribution in [3.8, 4) is 0 Å². The lowest BCUT2D eigenvalue weighted by Crippen LogP contribution is -2.20. The molecule has 2 unspecified atom stereocenters. The summed E-state index contributed by atoms with van der Waals surface area (Å²) in [5, 5.41) is 7.59. The highest BCUT2D eigenvalue weighted by molar-refractivity contribution is 5.07. The number of ether oxygens (including phenoxy) is 1. The SMILES string of the molecule is CNC(C)c1ccnn1C1CCOC1. The summed E-state index contributed by atoms with van der Waals surface area (Å²) >= 11 is 0. The van der Waals surface area contributed by atoms with E-state index in [9.17, 15) is 0 Å². The largest absolute Gasteiger partial charge is 0.379 e. The summed E-state index contributed by atoms with van der Waals surface area (Å²) in [6, 6.07) is 2.84. The number of aromatic nitrogens is 2. The molecule has 1 aromatic heterocycles. The smallest absolute Gasteiger partial charge is 0.0778 e. The zero-order valence-electron chi connectivity index (χ0n) is 8.73. The molecular formula is C10H17N3O. The van der Waals surface area contributed by atoms with E-state index in [-0.39, 0.29) is 0 Å². The minimum Gasteiger partial charge on any atom is -0.379 e. The first-order chi connectivity index (χ1) is 6.83. The van der Waals surface area contributed by atoms with Gasteiger partial charge in [-0.05, 0) is 26.5 Å². The fourth-order valence-electron chi connectivity index (χ4n) is 1.84. The molecule has 1 aromatic rings. The molecule has 2 heterocycles. The Hall–Kier alpha value is -0.870. The third-order valence-electron chi connectivity index (χ3n) is 2.83. The van der Waals surface area contributed by atoms with Crippen molar-refractivity contribution in [2.45, 2.75) is 25.4 Å². The average Bonchev–Trinajstić information content (AvgIpc) is 2.85. The summed E-state index contributed by atoms with van der Waals surface area (Å²) in [6.45, 7) is 3.80. The van der Waals surface area contributed by atoms with Crippen LogP contribution in [0.2, 0.25) is 0 Å². The highest BCUT2D eigenvalue weighted by Crippen LogP contribution is 2.22. The lowest BCUT2D eigenvalue weighted by atomic mass is 10.2. The second-order valence-electron chi connectivity index (χ2n) is 3.73. The van der Waals surface area contributed by atoms with Crippen LogP contribution in [0, 0.1) is 0 Å². The zero-order valence-corrected chi connectivity index (χ0v) is 8.73. The molecule has 1 N–H and O–H groups in total. The minimum atomic E-state index is 0.345. The quantitative estimate of drug-likeness (QED) is 0.785. The molecule has 4 heteroatoms. The molecule has 0 radical (unpaired) electrons. The fraction of sp³-hybridized carbons (Fsp3) is 0.700. The van der Waals surface area contributed by atoms with Crippen molar-refractivity contribution < 1.29 is 4.74 Å². The van der Waals surface area contributed by atoms with Crippen LogP contribution in [0.25, 0.3) is 0 Å². The van der Waals surface area contributed by atoms with Crippen molar-refractivity contribution in [3.05, 3.63) is 18.0 Å². The van der Waals surface area contributed by atoms with E-state index in [4.69, 9.17) is 4.74 Å². The van der Waals surface area contributed by atoms with E-state index < -0.39 is 0 Å². The van der Waals surface area contributed by atoms with Crippen molar-refractivity contribution in [1.29, 1.82) is 0 Å². The van der Waals surface area contributed by atoms with Gasteiger partial charge in [0.1, 0.15) is 0 Å². The molecule has 78 valence electrons. The van der Waals surface area contributed by atoms with E-state index in [0.29, 0.717) is 12.1 Å². The molecular weight excluding hydrogens is 178 g/mol. The van der Waals surface area contributed by atoms with Gasteiger partial charge in [0, 0.05) is 18.8 Å². The third kappa shape index (κ3) is 1.67. The van der Waals surface area contributed by atoms with E-state index in [1.807, 2.05) is 13.2 Å². The fourth-order valence-corrected chi connectivity index (χ4v) is 1.84. The van der Waals surface area contributed by atoms with Gasteiger partial charge in [0.15, 0.2) is 0 Å². The molecule has 2 atom stereocenters. The molecule has 14 heavy (non-hydrogen) atoms. The standard InChI is InChI=1S/C10H17N3O/c1-8(11-2)10-3-5-12-13(10)9-4-6-14-7-9/h3,5,8-9,11H,4,6-7H2,1-2H3. The average molecular weight is 195 g/mol. The van der Waals surface area contributed by atoms with E-state index >= 15 is 0 Å². The van der Waals surface area contributed by atoms with Crippen LogP contribution in [0.3, 0.4) is 0 Å². The molecule has 0 bridgehead atoms. The van der Waals surface area contributed by atoms with Crippen molar-refractivity contribution in [1.82, 2.24) is 15.1 Å². The minimum absolute atomic E-state index is 0.345. The Bertz CT molecular complexity index is 291. The Balaban J connectivity index is 2.19. The molecule has 0 amide bonds. The molecule has 4 nitrogen and oxygen atoms in total. The predicted octanol–water partition coefficient (Wildman–Crippen LogP) is 1.12. The summed E-state index contributed by atoms with van der Waals surface area (Å²) in [6.07, 6.45) is 2.94. The van der Waals surface area contributed by atoms with Crippen LogP contribution in [0.15, 0.2) is 12.3 Å². The molecule has 1 fully saturated rings. The predicted molar refractivity (Wildman–Crippen MR) is 54.2 cm³/mol. The van der Waals surface area contributed by atoms with Gasteiger partial charge in [0.05, 0.1) is 18.3 Å². The van der Waals surface area contributed by atoms with Crippen LogP contribution in [-0.2, 0) is 4.74 Å². The van der Waals surface area contributed by atoms with Gasteiger partial charge in [0.2, 0.25) is 0 Å². The topological polar surface area (TPSA) is 39.1 Å². The maximum atomic E-state index is 5.37. The van der Waals surface area contributed by atoms with Gasteiger partial charge >= 0.3 is 0 Å². The first-order valence-electron chi connectivity index (χ1n) is 5.11. The second kappa shape index (κ2) is 4.11. The van der Waals surface area contributed by atoms with Crippen LogP contribution in [0.4, 0.5) is 0 Å². The number of hydrogen-bond donors (Lipinski definition) is 1. The monoisotopic (exact) mass is 195 g/mol. The number of nitrogens with zero attached hydrogens (tertiary/aromatic N) is 2. The van der Waals surface area contributed by atoms with Crippen LogP contribution >= 0.6 is 0 Å². The summed E-state index contributed by atoms with van der Waals surface area (Å²) in [5.41, 5.74) is 1.24. The van der Waals surface area contributed by atoms with Gasteiger partial charge < -0.3 is 10.1 Å². The highest BCUT2D eigenvalue weighted by atomic mass is 16.5. The molecule has 0 aliphatic carbocycles. The molecule has 0 aromatic carbocycles. The van der Waals surface area contributed by atoms with E-state index in [0.717, 1.165) is 19.6 Å². The van der Waals surface area contributed by atoms with Crippen molar-refractivity contribution in [3.63, 3.8) is 0 Å². The third-order valence-corrected chi connectivity index (χ3v) is 2.83. The van der Waals surface area contributed by atoms with Crippen LogP contribution in [0.1, 0.15) is 31.1 Å². The Morgan fingerprint density at radius 3 is 3.21 bits per heavy atom. The van der Waals surface area contributed by atoms with Gasteiger partial charge in [-0.3, -0.25) is 4.68 Å². The van der Waals surface area contributed by atoms with Crippen LogP contribution in [-0.4, -0.2) is 30.0 Å². The van der Waals surface area contributed by atoms with Gasteiger partial charge in [-0.1, -0.05) is 0 Å². The van der Waals surface area contributed by atoms with Gasteiger partial charge in [-0.25, -0.2) is 0 Å². The Labute approximate surface area is 84.3 Å². The van der Waals surface area contributed by atoms with Gasteiger partial charge in [0.25, 0.3) is 0 Å². The van der Waals surface area contributed by atoms with E-state index in [2.05, 4.69) is 28.1 Å². The molecule has 1 saturated heterocycles. The summed E-state index contributed by atoms with van der Waals surface area (Å²) in [5.74, 6) is 0. The lowest BCUT2D eigenvalue weighted by molar-refractivity contribution is 0.183. The maximum absolute atomic E-state index is 5.37. The summed E-state index contributed by atoms with van der Waals surface area (Å²) in [4.78, 5) is 0. The second-order valence-corrected chi connectivity index (χ2v) is 3.73. The Morgan fingerprint density at radius 1 is 1.71 bits per heavy atom. The normalized spacial score (nSPS) is 24.0. The summed E-state index contributed by atoms with van der Waals surface area (Å²) < 4.78 is 7.46. The number of nitrogens with one attached hydrogen (secondary N) is 1. The lowest BCUT2D eigenvalue weighted by Gasteiger charge is -2.17. The Kier molecular flexibility index (Phi) is 2.84. The van der Waals surface area contributed by atoms with Crippen molar-refractivity contribution in [2.24, 2.45) is 0 Å². The van der Waals surface area contributed by atoms with Gasteiger partial charge in [-0.15, -0.1) is 0 Å². The van der Waals surface area contributed by atoms with Crippen molar-refractivity contribution in [2.75, 3.05) is 20.3 Å². The van der Waals surface area contributed by atoms with E-state index in [1.165, 1.54) is 5.69 Å². The zero-order chi connectivity index (χ0) is 9.97. The van der Waals surface area contributed by atoms with Crippen LogP contribution in [0.5, 0.6) is 0 Å². The summed E-state index contributed by atoms with van der Waals surface area (Å²) in [7, 11) is 1.97. The molecule has 1 aliphatic rings. The number of hydrogen-bond acceptors (Lipinski definition) is 3. The first-order valence-corrected chi connectivity index (χ1v) is 5.11. The highest BCUT2D eigenvalue weighted by Gasteiger charge is 2.21. The van der Waals surface area contributed by atoms with Crippen molar-refractivity contribution >= 4 is 0 Å². The van der Waals surface area contributed by atoms with Gasteiger partial charge in [-0.2, -0.15) is 5.10 Å². The first kappa shape index (κ1) is 9.68. The molecule has 2 rings (SSSR count). The maximum Gasteiger partial charge on any atom is 0.0778 e. The number of rotatable bonds is 3. The van der Waals surface area contributed by atoms with E-state index in [1.54, 1.807) is 0 Å².